The third kappa shape index (κ3) is 8.07. The van der Waals surface area contributed by atoms with Crippen LogP contribution in [0, 0.1) is 6.92 Å². The van der Waals surface area contributed by atoms with Crippen LogP contribution >= 0.6 is 0 Å². The first-order chi connectivity index (χ1) is 4.54. The average Bonchev–Trinajstić information content (AvgIpc) is 1.82. The van der Waals surface area contributed by atoms with Gasteiger partial charge in [0, 0.05) is 5.57 Å². The summed E-state index contributed by atoms with van der Waals surface area (Å²) in [5.74, 6) is -0.497. The second kappa shape index (κ2) is 6.85. The maximum Gasteiger partial charge on any atom is 1.00 e. The summed E-state index contributed by atoms with van der Waals surface area (Å²) in [5.41, 5.74) is 0.320. The normalized spacial score (nSPS) is 11.2. The van der Waals surface area contributed by atoms with Gasteiger partial charge in [0.05, 0.1) is 6.61 Å². The number of aliphatic hydroxyl groups excluding tert-OH is 1. The summed E-state index contributed by atoms with van der Waals surface area (Å²) in [6.07, 6.45) is -0.858. The molecule has 11 heavy (non-hydrogen) atoms. The Morgan fingerprint density at radius 2 is 2.27 bits per heavy atom. The van der Waals surface area contributed by atoms with E-state index in [1.54, 1.807) is 0 Å². The first-order valence-corrected chi connectivity index (χ1v) is 2.88. The monoisotopic (exact) mass is 166 g/mol. The molecule has 0 radical (unpaired) electrons. The summed E-state index contributed by atoms with van der Waals surface area (Å²) in [6, 6.07) is 0. The molecule has 0 aliphatic rings. The van der Waals surface area contributed by atoms with E-state index in [0.717, 1.165) is 0 Å². The molecular weight excluding hydrogens is 155 g/mol. The van der Waals surface area contributed by atoms with Crippen molar-refractivity contribution in [2.75, 3.05) is 6.61 Å². The predicted molar refractivity (Wildman–Crippen MR) is 37.1 cm³/mol. The number of aliphatic hydroxyl groups is 1. The number of hydrogen-bond donors (Lipinski definition) is 1. The number of ether oxygens (including phenoxy) is 1. The van der Waals surface area contributed by atoms with E-state index < -0.39 is 12.1 Å². The number of carbonyl (C=O) groups excluding carboxylic acids is 1. The smallest absolute Gasteiger partial charge is 0.463 e. The molecule has 3 nitrogen and oxygen atoms in total. The molecule has 1 unspecified atom stereocenters. The second-order valence-electron chi connectivity index (χ2n) is 2.03. The van der Waals surface area contributed by atoms with Crippen molar-refractivity contribution in [3.05, 3.63) is 19.1 Å². The zero-order valence-electron chi connectivity index (χ0n) is 6.96. The Hall–Kier alpha value is 0.170. The molecule has 1 N–H and O–H groups in total. The van der Waals surface area contributed by atoms with Crippen molar-refractivity contribution in [1.29, 1.82) is 0 Å². The van der Waals surface area contributed by atoms with E-state index in [-0.39, 0.29) is 36.2 Å². The molecule has 0 heterocycles. The van der Waals surface area contributed by atoms with Crippen LogP contribution in [0.2, 0.25) is 0 Å². The molecule has 0 aliphatic heterocycles. The van der Waals surface area contributed by atoms with Gasteiger partial charge in [-0.2, -0.15) is 0 Å². The topological polar surface area (TPSA) is 46.5 Å². The SMILES string of the molecule is C=C(C)C(=O)OCC([CH2-])O.[Na+]. The van der Waals surface area contributed by atoms with E-state index in [9.17, 15) is 4.79 Å². The van der Waals surface area contributed by atoms with Crippen LogP contribution in [0.1, 0.15) is 6.92 Å². The number of rotatable bonds is 3. The van der Waals surface area contributed by atoms with Crippen molar-refractivity contribution in [2.24, 2.45) is 0 Å². The van der Waals surface area contributed by atoms with E-state index in [1.165, 1.54) is 6.92 Å². The average molecular weight is 166 g/mol. The summed E-state index contributed by atoms with van der Waals surface area (Å²) >= 11 is 0. The fraction of sp³-hybridized carbons (Fsp3) is 0.429. The molecule has 0 rings (SSSR count). The quantitative estimate of drug-likeness (QED) is 0.215. The van der Waals surface area contributed by atoms with Crippen molar-refractivity contribution < 1.29 is 44.2 Å². The fourth-order valence-electron chi connectivity index (χ4n) is 0.295. The van der Waals surface area contributed by atoms with Gasteiger partial charge < -0.3 is 16.8 Å². The van der Waals surface area contributed by atoms with Crippen molar-refractivity contribution in [3.63, 3.8) is 0 Å². The van der Waals surface area contributed by atoms with Gasteiger partial charge in [0.1, 0.15) is 0 Å². The van der Waals surface area contributed by atoms with Gasteiger partial charge in [-0.05, 0) is 13.0 Å². The van der Waals surface area contributed by atoms with E-state index in [0.29, 0.717) is 5.57 Å². The Morgan fingerprint density at radius 3 is 2.55 bits per heavy atom. The number of carbonyl (C=O) groups is 1. The maximum absolute atomic E-state index is 10.6. The molecule has 0 bridgehead atoms. The van der Waals surface area contributed by atoms with Crippen molar-refractivity contribution in [3.8, 4) is 0 Å². The van der Waals surface area contributed by atoms with Crippen molar-refractivity contribution in [1.82, 2.24) is 0 Å². The van der Waals surface area contributed by atoms with Gasteiger partial charge in [-0.1, -0.05) is 6.58 Å². The Bertz CT molecular complexity index is 143. The number of hydrogen-bond acceptors (Lipinski definition) is 3. The zero-order valence-corrected chi connectivity index (χ0v) is 8.96. The van der Waals surface area contributed by atoms with Crippen LogP contribution in [0.5, 0.6) is 0 Å². The zero-order chi connectivity index (χ0) is 8.15. The minimum Gasteiger partial charge on any atom is -0.463 e. The summed E-state index contributed by atoms with van der Waals surface area (Å²) in [5, 5.41) is 8.57. The summed E-state index contributed by atoms with van der Waals surface area (Å²) in [4.78, 5) is 10.6. The van der Waals surface area contributed by atoms with E-state index in [1.807, 2.05) is 0 Å². The molecule has 4 heteroatoms. The van der Waals surface area contributed by atoms with Gasteiger partial charge >= 0.3 is 35.5 Å². The van der Waals surface area contributed by atoms with Crippen molar-refractivity contribution >= 4 is 5.97 Å². The molecule has 0 spiro atoms. The van der Waals surface area contributed by atoms with E-state index >= 15 is 0 Å². The van der Waals surface area contributed by atoms with Gasteiger partial charge in [0.15, 0.2) is 0 Å². The fourth-order valence-corrected chi connectivity index (χ4v) is 0.295. The van der Waals surface area contributed by atoms with Crippen molar-refractivity contribution in [2.45, 2.75) is 13.0 Å². The van der Waals surface area contributed by atoms with E-state index in [2.05, 4.69) is 18.2 Å². The molecular formula is C7H11NaO3. The number of esters is 1. The second-order valence-corrected chi connectivity index (χ2v) is 2.03. The van der Waals surface area contributed by atoms with Gasteiger partial charge in [0.2, 0.25) is 0 Å². The van der Waals surface area contributed by atoms with Gasteiger partial charge in [0.25, 0.3) is 0 Å². The van der Waals surface area contributed by atoms with Gasteiger partial charge in [-0.15, -0.1) is 0 Å². The van der Waals surface area contributed by atoms with Crippen LogP contribution < -0.4 is 29.6 Å². The molecule has 0 saturated carbocycles. The molecule has 0 aromatic rings. The van der Waals surface area contributed by atoms with Gasteiger partial charge in [-0.25, -0.2) is 4.79 Å². The maximum atomic E-state index is 10.6. The van der Waals surface area contributed by atoms with Crippen LogP contribution in [0.25, 0.3) is 0 Å². The molecule has 0 aromatic carbocycles. The van der Waals surface area contributed by atoms with Crippen LogP contribution in [-0.2, 0) is 9.53 Å². The van der Waals surface area contributed by atoms with Crippen LogP contribution in [0.15, 0.2) is 12.2 Å². The van der Waals surface area contributed by atoms with Gasteiger partial charge in [-0.3, -0.25) is 0 Å². The standard InChI is InChI=1S/C7H11O3.Na/c1-5(2)7(9)10-4-6(3)8;/h6,8H,1,3-4H2,2H3;/q-1;+1. The predicted octanol–water partition coefficient (Wildman–Crippen LogP) is -2.70. The molecule has 0 aliphatic carbocycles. The molecule has 0 saturated heterocycles. The van der Waals surface area contributed by atoms with Crippen LogP contribution in [0.3, 0.4) is 0 Å². The summed E-state index contributed by atoms with van der Waals surface area (Å²) in [7, 11) is 0. The third-order valence-electron chi connectivity index (χ3n) is 0.755. The first kappa shape index (κ1) is 13.7. The minimum absolute atomic E-state index is 0. The molecule has 0 amide bonds. The Kier molecular flexibility index (Phi) is 8.56. The Morgan fingerprint density at radius 1 is 1.82 bits per heavy atom. The van der Waals surface area contributed by atoms with E-state index in [4.69, 9.17) is 5.11 Å². The molecule has 1 atom stereocenters. The van der Waals surface area contributed by atoms with Crippen LogP contribution in [0.4, 0.5) is 0 Å². The Balaban J connectivity index is 0. The molecule has 0 aromatic heterocycles. The minimum atomic E-state index is -0.858. The Labute approximate surface area is 88.7 Å². The molecule has 0 fully saturated rings. The first-order valence-electron chi connectivity index (χ1n) is 2.88. The largest absolute Gasteiger partial charge is 1.00 e. The summed E-state index contributed by atoms with van der Waals surface area (Å²) < 4.78 is 4.51. The molecule has 58 valence electrons. The van der Waals surface area contributed by atoms with Crippen LogP contribution in [-0.4, -0.2) is 23.8 Å². The third-order valence-corrected chi connectivity index (χ3v) is 0.755. The summed E-state index contributed by atoms with van der Waals surface area (Å²) in [6.45, 7) is 8.04.